The van der Waals surface area contributed by atoms with E-state index in [9.17, 15) is 0 Å². The van der Waals surface area contributed by atoms with Crippen molar-refractivity contribution in [3.63, 3.8) is 0 Å². The van der Waals surface area contributed by atoms with Crippen LogP contribution in [0.25, 0.3) is 0 Å². The molecule has 0 aromatic heterocycles. The Bertz CT molecular complexity index is 296. The van der Waals surface area contributed by atoms with Crippen molar-refractivity contribution in [3.05, 3.63) is 23.8 Å². The number of hydrogen-bond acceptors (Lipinski definition) is 2. The van der Waals surface area contributed by atoms with E-state index in [1.807, 2.05) is 13.1 Å². The molecule has 0 aromatic carbocycles. The van der Waals surface area contributed by atoms with E-state index in [1.165, 1.54) is 12.8 Å². The number of allylic oxidation sites excluding steroid dienone is 3. The molecule has 1 N–H and O–H groups in total. The molecule has 3 atom stereocenters. The largest absolute Gasteiger partial charge is 0.316 e. The topological polar surface area (TPSA) is 35.8 Å². The van der Waals surface area contributed by atoms with E-state index in [0.717, 1.165) is 5.57 Å². The van der Waals surface area contributed by atoms with Crippen LogP contribution in [0.1, 0.15) is 12.8 Å². The van der Waals surface area contributed by atoms with Gasteiger partial charge in [0.2, 0.25) is 0 Å². The number of fused-ring (bicyclic) bond motifs is 1. The van der Waals surface area contributed by atoms with Crippen LogP contribution >= 0.6 is 0 Å². The van der Waals surface area contributed by atoms with Gasteiger partial charge in [-0.2, -0.15) is 5.26 Å². The molecule has 0 bridgehead atoms. The predicted molar refractivity (Wildman–Crippen MR) is 51.9 cm³/mol. The lowest BCUT2D eigenvalue weighted by Crippen LogP contribution is -2.30. The predicted octanol–water partition coefficient (Wildman–Crippen LogP) is 1.62. The van der Waals surface area contributed by atoms with Crippen LogP contribution in [0.2, 0.25) is 0 Å². The number of hydrogen-bond donors (Lipinski definition) is 1. The van der Waals surface area contributed by atoms with Crippen molar-refractivity contribution in [1.82, 2.24) is 5.32 Å². The van der Waals surface area contributed by atoms with Crippen molar-refractivity contribution in [3.8, 4) is 6.07 Å². The van der Waals surface area contributed by atoms with Crippen molar-refractivity contribution in [2.75, 3.05) is 7.05 Å². The zero-order valence-electron chi connectivity index (χ0n) is 7.83. The molecule has 2 unspecified atom stereocenters. The average molecular weight is 174 g/mol. The normalized spacial score (nSPS) is 36.6. The van der Waals surface area contributed by atoms with Gasteiger partial charge in [0.15, 0.2) is 0 Å². The van der Waals surface area contributed by atoms with Crippen molar-refractivity contribution in [2.24, 2.45) is 11.8 Å². The van der Waals surface area contributed by atoms with Crippen molar-refractivity contribution in [2.45, 2.75) is 18.9 Å². The Morgan fingerprint density at radius 1 is 1.54 bits per heavy atom. The quantitative estimate of drug-likeness (QED) is 0.655. The second kappa shape index (κ2) is 3.35. The molecule has 1 saturated carbocycles. The molecule has 2 aliphatic carbocycles. The highest BCUT2D eigenvalue weighted by Crippen LogP contribution is 2.37. The number of nitrogens with zero attached hydrogens (tertiary/aromatic N) is 1. The van der Waals surface area contributed by atoms with Crippen LogP contribution in [-0.2, 0) is 0 Å². The monoisotopic (exact) mass is 174 g/mol. The molecule has 2 aliphatic rings. The Hall–Kier alpha value is -1.07. The van der Waals surface area contributed by atoms with Crippen LogP contribution < -0.4 is 5.32 Å². The van der Waals surface area contributed by atoms with Crippen LogP contribution in [0.15, 0.2) is 23.8 Å². The number of nitrogens with one attached hydrogen (secondary N) is 1. The maximum Gasteiger partial charge on any atom is 0.0988 e. The summed E-state index contributed by atoms with van der Waals surface area (Å²) in [4.78, 5) is 0. The fourth-order valence-corrected chi connectivity index (χ4v) is 2.44. The molecule has 1 fully saturated rings. The Morgan fingerprint density at radius 2 is 2.38 bits per heavy atom. The Labute approximate surface area is 78.9 Å². The fourth-order valence-electron chi connectivity index (χ4n) is 2.44. The average Bonchev–Trinajstić information content (AvgIpc) is 2.59. The third kappa shape index (κ3) is 1.40. The van der Waals surface area contributed by atoms with Crippen molar-refractivity contribution >= 4 is 0 Å². The van der Waals surface area contributed by atoms with Crippen molar-refractivity contribution < 1.29 is 0 Å². The van der Waals surface area contributed by atoms with Gasteiger partial charge >= 0.3 is 0 Å². The van der Waals surface area contributed by atoms with Crippen LogP contribution in [0, 0.1) is 23.2 Å². The second-order valence-corrected chi connectivity index (χ2v) is 3.81. The first kappa shape index (κ1) is 8.52. The van der Waals surface area contributed by atoms with E-state index < -0.39 is 0 Å². The summed E-state index contributed by atoms with van der Waals surface area (Å²) in [5.74, 6) is 1.21. The lowest BCUT2D eigenvalue weighted by molar-refractivity contribution is 0.452. The number of rotatable bonds is 1. The van der Waals surface area contributed by atoms with Gasteiger partial charge in [-0.05, 0) is 37.8 Å². The van der Waals surface area contributed by atoms with Crippen molar-refractivity contribution in [1.29, 1.82) is 5.26 Å². The van der Waals surface area contributed by atoms with Gasteiger partial charge in [0, 0.05) is 11.6 Å². The van der Waals surface area contributed by atoms with E-state index in [2.05, 4.69) is 23.5 Å². The smallest absolute Gasteiger partial charge is 0.0988 e. The van der Waals surface area contributed by atoms with Gasteiger partial charge in [0.25, 0.3) is 0 Å². The summed E-state index contributed by atoms with van der Waals surface area (Å²) < 4.78 is 0. The lowest BCUT2D eigenvalue weighted by atomic mass is 9.87. The summed E-state index contributed by atoms with van der Waals surface area (Å²) in [6.45, 7) is 0. The molecular weight excluding hydrogens is 160 g/mol. The van der Waals surface area contributed by atoms with E-state index in [-0.39, 0.29) is 0 Å². The molecule has 0 radical (unpaired) electrons. The standard InChI is InChI=1S/C11H14N2/c1-13-11-5-3-9-6-8(7-12)2-4-10(9)11/h2,4,6,9-11,13H,3,5H2,1H3/t9?,10?,11-/m0/s1. The zero-order valence-corrected chi connectivity index (χ0v) is 7.83. The first-order valence-electron chi connectivity index (χ1n) is 4.82. The van der Waals surface area contributed by atoms with Crippen LogP contribution in [0.3, 0.4) is 0 Å². The highest BCUT2D eigenvalue weighted by Gasteiger charge is 2.33. The molecular formula is C11H14N2. The highest BCUT2D eigenvalue weighted by molar-refractivity contribution is 5.38. The van der Waals surface area contributed by atoms with Crippen LogP contribution in [0.4, 0.5) is 0 Å². The van der Waals surface area contributed by atoms with Gasteiger partial charge in [0.1, 0.15) is 0 Å². The fraction of sp³-hybridized carbons (Fsp3) is 0.545. The summed E-state index contributed by atoms with van der Waals surface area (Å²) in [6.07, 6.45) is 8.72. The molecule has 2 rings (SSSR count). The van der Waals surface area contributed by atoms with Gasteiger partial charge in [-0.1, -0.05) is 12.2 Å². The number of nitriles is 1. The molecule has 0 heterocycles. The van der Waals surface area contributed by atoms with E-state index in [4.69, 9.17) is 5.26 Å². The molecule has 0 spiro atoms. The van der Waals surface area contributed by atoms with E-state index >= 15 is 0 Å². The maximum absolute atomic E-state index is 8.75. The third-order valence-electron chi connectivity index (χ3n) is 3.16. The van der Waals surface area contributed by atoms with Gasteiger partial charge in [-0.15, -0.1) is 0 Å². The highest BCUT2D eigenvalue weighted by atomic mass is 14.9. The molecule has 0 aromatic rings. The summed E-state index contributed by atoms with van der Waals surface area (Å²) in [6, 6.07) is 2.81. The summed E-state index contributed by atoms with van der Waals surface area (Å²) in [7, 11) is 2.02. The summed E-state index contributed by atoms with van der Waals surface area (Å²) >= 11 is 0. The maximum atomic E-state index is 8.75. The summed E-state index contributed by atoms with van der Waals surface area (Å²) in [5.41, 5.74) is 0.831. The third-order valence-corrected chi connectivity index (χ3v) is 3.16. The van der Waals surface area contributed by atoms with Gasteiger partial charge < -0.3 is 5.32 Å². The zero-order chi connectivity index (χ0) is 9.26. The molecule has 0 aliphatic heterocycles. The molecule has 68 valence electrons. The minimum absolute atomic E-state index is 0.595. The first-order valence-corrected chi connectivity index (χ1v) is 4.82. The lowest BCUT2D eigenvalue weighted by Gasteiger charge is -2.21. The molecule has 2 heteroatoms. The first-order chi connectivity index (χ1) is 6.35. The van der Waals surface area contributed by atoms with Crippen LogP contribution in [-0.4, -0.2) is 13.1 Å². The second-order valence-electron chi connectivity index (χ2n) is 3.81. The Kier molecular flexibility index (Phi) is 2.20. The minimum atomic E-state index is 0.595. The van der Waals surface area contributed by atoms with E-state index in [0.29, 0.717) is 17.9 Å². The van der Waals surface area contributed by atoms with Gasteiger partial charge in [-0.3, -0.25) is 0 Å². The molecule has 0 saturated heterocycles. The summed E-state index contributed by atoms with van der Waals surface area (Å²) in [5, 5.41) is 12.1. The Morgan fingerprint density at radius 3 is 3.08 bits per heavy atom. The molecule has 2 nitrogen and oxygen atoms in total. The van der Waals surface area contributed by atoms with Crippen LogP contribution in [0.5, 0.6) is 0 Å². The van der Waals surface area contributed by atoms with Gasteiger partial charge in [-0.25, -0.2) is 0 Å². The SMILES string of the molecule is CN[C@H]1CCC2C=C(C#N)C=CC21. The molecule has 0 amide bonds. The molecule has 13 heavy (non-hydrogen) atoms. The minimum Gasteiger partial charge on any atom is -0.316 e. The Balaban J connectivity index is 2.17. The van der Waals surface area contributed by atoms with Gasteiger partial charge in [0.05, 0.1) is 6.07 Å². The van der Waals surface area contributed by atoms with E-state index in [1.54, 1.807) is 0 Å².